The van der Waals surface area contributed by atoms with Gasteiger partial charge in [0.25, 0.3) is 0 Å². The van der Waals surface area contributed by atoms with Gasteiger partial charge in [-0.15, -0.1) is 5.73 Å². The lowest BCUT2D eigenvalue weighted by atomic mass is 10.0. The molecule has 0 heterocycles. The summed E-state index contributed by atoms with van der Waals surface area (Å²) in [6.07, 6.45) is 17.1. The Morgan fingerprint density at radius 3 is 2.65 bits per heavy atom. The van der Waals surface area contributed by atoms with Crippen LogP contribution in [0.1, 0.15) is 41.0 Å². The van der Waals surface area contributed by atoms with Gasteiger partial charge in [0.2, 0.25) is 0 Å². The number of allylic oxidation sites excluding steroid dienone is 9. The smallest absolute Gasteiger partial charge is 0.00629 e. The first-order valence-corrected chi connectivity index (χ1v) is 5.99. The van der Waals surface area contributed by atoms with Crippen molar-refractivity contribution in [1.82, 2.24) is 0 Å². The summed E-state index contributed by atoms with van der Waals surface area (Å²) in [6, 6.07) is 0. The van der Waals surface area contributed by atoms with E-state index in [1.165, 1.54) is 16.7 Å². The lowest BCUT2D eigenvalue weighted by molar-refractivity contribution is 1.15. The van der Waals surface area contributed by atoms with E-state index in [1.54, 1.807) is 0 Å². The second-order valence-corrected chi connectivity index (χ2v) is 3.71. The van der Waals surface area contributed by atoms with Crippen molar-refractivity contribution in [3.05, 3.63) is 65.0 Å². The molecule has 0 atom stereocenters. The molecule has 0 aliphatic heterocycles. The van der Waals surface area contributed by atoms with Crippen molar-refractivity contribution in [1.29, 1.82) is 0 Å². The van der Waals surface area contributed by atoms with Gasteiger partial charge in [-0.3, -0.25) is 0 Å². The Bertz CT molecular complexity index is 405. The van der Waals surface area contributed by atoms with Gasteiger partial charge in [-0.05, 0) is 48.6 Å². The Morgan fingerprint density at radius 1 is 1.29 bits per heavy atom. The normalized spacial score (nSPS) is 15.4. The molecule has 0 bridgehead atoms. The highest BCUT2D eigenvalue weighted by Crippen LogP contribution is 2.18. The second kappa shape index (κ2) is 8.61. The average Bonchev–Trinajstić information content (AvgIpc) is 2.53. The largest absolute Gasteiger partial charge is 0.117 e. The van der Waals surface area contributed by atoms with Gasteiger partial charge in [-0.2, -0.15) is 0 Å². The van der Waals surface area contributed by atoms with Crippen LogP contribution in [0.15, 0.2) is 65.0 Å². The summed E-state index contributed by atoms with van der Waals surface area (Å²) in [4.78, 5) is 0. The summed E-state index contributed by atoms with van der Waals surface area (Å²) >= 11 is 0. The molecule has 0 saturated heterocycles. The van der Waals surface area contributed by atoms with Crippen molar-refractivity contribution < 1.29 is 0 Å². The van der Waals surface area contributed by atoms with Gasteiger partial charge in [0, 0.05) is 0 Å². The first-order chi connectivity index (χ1) is 7.81. The Balaban J connectivity index is 0.00000256. The van der Waals surface area contributed by atoms with E-state index in [9.17, 15) is 0 Å². The molecule has 0 saturated carbocycles. The van der Waals surface area contributed by atoms with Crippen LogP contribution >= 0.6 is 0 Å². The zero-order valence-electron chi connectivity index (χ0n) is 10.5. The highest BCUT2D eigenvalue weighted by molar-refractivity contribution is 5.50. The number of hydrogen-bond donors (Lipinski definition) is 0. The quantitative estimate of drug-likeness (QED) is 0.439. The molecule has 1 aliphatic carbocycles. The molecule has 1 aliphatic rings. The fraction of sp³-hybridized carbons (Fsp3) is 0.353. The van der Waals surface area contributed by atoms with Crippen LogP contribution in [0.2, 0.25) is 0 Å². The molecule has 0 amide bonds. The molecule has 0 fully saturated rings. The van der Waals surface area contributed by atoms with Crippen LogP contribution in [0.3, 0.4) is 0 Å². The minimum Gasteiger partial charge on any atom is -0.117 e. The molecule has 17 heavy (non-hydrogen) atoms. The third-order valence-corrected chi connectivity index (χ3v) is 2.48. The first-order valence-electron chi connectivity index (χ1n) is 5.99. The Kier molecular flexibility index (Phi) is 7.84. The topological polar surface area (TPSA) is 0 Å². The van der Waals surface area contributed by atoms with Gasteiger partial charge in [0.15, 0.2) is 0 Å². The first kappa shape index (κ1) is 15.5. The van der Waals surface area contributed by atoms with E-state index < -0.39 is 0 Å². The van der Waals surface area contributed by atoms with Crippen LogP contribution < -0.4 is 0 Å². The summed E-state index contributed by atoms with van der Waals surface area (Å²) < 4.78 is 0. The third kappa shape index (κ3) is 4.89. The van der Waals surface area contributed by atoms with Gasteiger partial charge in [-0.1, -0.05) is 51.7 Å². The van der Waals surface area contributed by atoms with Crippen molar-refractivity contribution in [3.63, 3.8) is 0 Å². The zero-order chi connectivity index (χ0) is 11.8. The molecule has 0 N–H and O–H groups in total. The fourth-order valence-corrected chi connectivity index (χ4v) is 1.63. The van der Waals surface area contributed by atoms with E-state index in [2.05, 4.69) is 63.0 Å². The van der Waals surface area contributed by atoms with Crippen LogP contribution in [0, 0.1) is 0 Å². The van der Waals surface area contributed by atoms with Crippen molar-refractivity contribution >= 4 is 0 Å². The summed E-state index contributed by atoms with van der Waals surface area (Å²) in [5.41, 5.74) is 7.08. The summed E-state index contributed by atoms with van der Waals surface area (Å²) in [7, 11) is 0. The molecule has 0 aromatic heterocycles. The average molecular weight is 228 g/mol. The van der Waals surface area contributed by atoms with Crippen LogP contribution in [0.5, 0.6) is 0 Å². The van der Waals surface area contributed by atoms with E-state index in [1.807, 2.05) is 6.08 Å². The molecule has 1 rings (SSSR count). The maximum absolute atomic E-state index is 3.28. The molecule has 0 spiro atoms. The molecule has 0 heteroatoms. The van der Waals surface area contributed by atoms with E-state index in [4.69, 9.17) is 0 Å². The van der Waals surface area contributed by atoms with Crippen molar-refractivity contribution in [2.45, 2.75) is 41.0 Å². The van der Waals surface area contributed by atoms with Crippen LogP contribution in [0.25, 0.3) is 0 Å². The minimum atomic E-state index is 0. The highest BCUT2D eigenvalue weighted by atomic mass is 14.0. The second-order valence-electron chi connectivity index (χ2n) is 3.71. The summed E-state index contributed by atoms with van der Waals surface area (Å²) in [6.45, 7) is 6.37. The van der Waals surface area contributed by atoms with E-state index in [0.29, 0.717) is 0 Å². The van der Waals surface area contributed by atoms with Crippen molar-refractivity contribution in [2.24, 2.45) is 0 Å². The molecule has 0 aromatic carbocycles. The summed E-state index contributed by atoms with van der Waals surface area (Å²) in [5.74, 6) is 0. The van der Waals surface area contributed by atoms with Gasteiger partial charge in [0.05, 0.1) is 0 Å². The predicted molar refractivity (Wildman–Crippen MR) is 79.0 cm³/mol. The molecule has 0 radical (unpaired) electrons. The lowest BCUT2D eigenvalue weighted by Gasteiger charge is -2.02. The molecular formula is C17H24. The van der Waals surface area contributed by atoms with E-state index >= 15 is 0 Å². The highest BCUT2D eigenvalue weighted by Gasteiger charge is 1.99. The Hall–Kier alpha value is -1.52. The van der Waals surface area contributed by atoms with Crippen LogP contribution in [-0.4, -0.2) is 0 Å². The number of rotatable bonds is 4. The number of hydrogen-bond acceptors (Lipinski definition) is 0. The van der Waals surface area contributed by atoms with E-state index in [0.717, 1.165) is 12.8 Å². The molecule has 0 unspecified atom stereocenters. The maximum Gasteiger partial charge on any atom is -0.00629 e. The molecular weight excluding hydrogens is 204 g/mol. The molecule has 0 aromatic rings. The standard InChI is InChI=1S/C16H20.CH4/c1-4-8-15(9-5-2)16-11-7-10-14(6-3)12-13-16;/h4,7-9,11-13H,5-6H2,1-3H3;1H4/b8-4-,15-9+;. The van der Waals surface area contributed by atoms with Crippen LogP contribution in [-0.2, 0) is 0 Å². The molecule has 0 nitrogen and oxygen atoms in total. The van der Waals surface area contributed by atoms with Crippen LogP contribution in [0.4, 0.5) is 0 Å². The maximum atomic E-state index is 3.28. The van der Waals surface area contributed by atoms with Crippen molar-refractivity contribution in [2.75, 3.05) is 0 Å². The van der Waals surface area contributed by atoms with Gasteiger partial charge in [0.1, 0.15) is 0 Å². The van der Waals surface area contributed by atoms with Crippen molar-refractivity contribution in [3.8, 4) is 0 Å². The summed E-state index contributed by atoms with van der Waals surface area (Å²) in [5, 5.41) is 0. The fourth-order valence-electron chi connectivity index (χ4n) is 1.63. The van der Waals surface area contributed by atoms with Gasteiger partial charge in [-0.25, -0.2) is 0 Å². The molecule has 92 valence electrons. The third-order valence-electron chi connectivity index (χ3n) is 2.48. The zero-order valence-corrected chi connectivity index (χ0v) is 10.5. The minimum absolute atomic E-state index is 0. The monoisotopic (exact) mass is 228 g/mol. The SMILES string of the molecule is C.C/C=C\C(=C/CC)C1=CC=C=C(CC)C=C1. The van der Waals surface area contributed by atoms with Gasteiger partial charge >= 0.3 is 0 Å². The predicted octanol–water partition coefficient (Wildman–Crippen LogP) is 5.52. The Morgan fingerprint density at radius 2 is 2.06 bits per heavy atom. The van der Waals surface area contributed by atoms with E-state index in [-0.39, 0.29) is 7.43 Å². The van der Waals surface area contributed by atoms with Gasteiger partial charge < -0.3 is 0 Å². The Labute approximate surface area is 106 Å². The lowest BCUT2D eigenvalue weighted by Crippen LogP contribution is -1.83.